The van der Waals surface area contributed by atoms with Crippen LogP contribution in [-0.2, 0) is 26.9 Å². The molecule has 0 unspecified atom stereocenters. The highest BCUT2D eigenvalue weighted by Gasteiger charge is 2.31. The lowest BCUT2D eigenvalue weighted by Crippen LogP contribution is -2.51. The average Bonchev–Trinajstić information content (AvgIpc) is 3.38. The molecule has 2 aliphatic rings. The van der Waals surface area contributed by atoms with E-state index in [1.165, 1.54) is 25.0 Å². The third-order valence-corrected chi connectivity index (χ3v) is 4.53. The van der Waals surface area contributed by atoms with E-state index in [9.17, 15) is 18.0 Å². The van der Waals surface area contributed by atoms with Gasteiger partial charge in [-0.1, -0.05) is 12.1 Å². The van der Waals surface area contributed by atoms with Gasteiger partial charge in [0.25, 0.3) is 0 Å². The molecule has 1 aromatic rings. The molecule has 138 valence electrons. The van der Waals surface area contributed by atoms with Crippen LogP contribution in [-0.4, -0.2) is 37.9 Å². The molecule has 25 heavy (non-hydrogen) atoms. The molecule has 2 fully saturated rings. The summed E-state index contributed by atoms with van der Waals surface area (Å²) in [6.07, 6.45) is -1.26. The smallest absolute Gasteiger partial charge is 0.379 e. The highest BCUT2D eigenvalue weighted by Crippen LogP contribution is 2.30. The summed E-state index contributed by atoms with van der Waals surface area (Å²) in [5.74, 6) is 0.404. The number of ether oxygens (including phenoxy) is 2. The van der Waals surface area contributed by atoms with Crippen LogP contribution in [0.4, 0.5) is 13.2 Å². The zero-order valence-electron chi connectivity index (χ0n) is 13.8. The maximum absolute atomic E-state index is 12.6. The van der Waals surface area contributed by atoms with Gasteiger partial charge in [0.1, 0.15) is 0 Å². The van der Waals surface area contributed by atoms with E-state index in [0.717, 1.165) is 25.2 Å². The second kappa shape index (κ2) is 7.74. The number of carbonyl (C=O) groups is 1. The van der Waals surface area contributed by atoms with E-state index >= 15 is 0 Å². The quantitative estimate of drug-likeness (QED) is 0.852. The number of hydrogen-bond donors (Lipinski definition) is 1. The second-order valence-corrected chi connectivity index (χ2v) is 6.72. The largest absolute Gasteiger partial charge is 0.416 e. The van der Waals surface area contributed by atoms with Crippen molar-refractivity contribution < 1.29 is 27.4 Å². The molecular weight excluding hydrogens is 335 g/mol. The molecule has 1 aliphatic heterocycles. The Bertz CT molecular complexity index is 584. The number of halogens is 3. The summed E-state index contributed by atoms with van der Waals surface area (Å²) in [5.41, 5.74) is -0.177. The minimum absolute atomic E-state index is 0.0317. The van der Waals surface area contributed by atoms with Crippen LogP contribution < -0.4 is 5.32 Å². The molecule has 1 N–H and O–H groups in total. The first-order valence-corrected chi connectivity index (χ1v) is 8.56. The molecule has 3 rings (SSSR count). The molecule has 1 saturated carbocycles. The molecule has 0 spiro atoms. The Morgan fingerprint density at radius 2 is 1.92 bits per heavy atom. The zero-order chi connectivity index (χ0) is 17.9. The van der Waals surface area contributed by atoms with Crippen LogP contribution in [0.2, 0.25) is 0 Å². The van der Waals surface area contributed by atoms with Crippen molar-refractivity contribution in [3.8, 4) is 0 Å². The van der Waals surface area contributed by atoms with Gasteiger partial charge in [-0.3, -0.25) is 4.79 Å². The first-order valence-electron chi connectivity index (χ1n) is 8.56. The van der Waals surface area contributed by atoms with Crippen LogP contribution in [0.1, 0.15) is 30.4 Å². The molecule has 1 aromatic carbocycles. The van der Waals surface area contributed by atoms with Gasteiger partial charge in [-0.2, -0.15) is 13.2 Å². The lowest BCUT2D eigenvalue weighted by molar-refractivity contribution is -0.137. The van der Waals surface area contributed by atoms with Crippen LogP contribution in [0.5, 0.6) is 0 Å². The summed E-state index contributed by atoms with van der Waals surface area (Å²) >= 11 is 0. The number of nitrogens with one attached hydrogen (secondary N) is 1. The monoisotopic (exact) mass is 357 g/mol. The van der Waals surface area contributed by atoms with Crippen molar-refractivity contribution in [1.29, 1.82) is 0 Å². The SMILES string of the molecule is O=C(Cc1ccc(C(F)(F)F)cc1)N[C@@H]1COCC[C@@H]1OCC1CC1. The number of carbonyl (C=O) groups excluding carboxylic acids is 1. The van der Waals surface area contributed by atoms with Gasteiger partial charge in [0.2, 0.25) is 5.91 Å². The first kappa shape index (κ1) is 18.2. The Morgan fingerprint density at radius 3 is 2.56 bits per heavy atom. The summed E-state index contributed by atoms with van der Waals surface area (Å²) in [6.45, 7) is 1.73. The summed E-state index contributed by atoms with van der Waals surface area (Å²) in [5, 5.41) is 2.90. The molecule has 0 bridgehead atoms. The van der Waals surface area contributed by atoms with E-state index in [1.807, 2.05) is 0 Å². The number of benzene rings is 1. The molecule has 4 nitrogen and oxygen atoms in total. The van der Waals surface area contributed by atoms with Crippen LogP contribution in [0.3, 0.4) is 0 Å². The minimum atomic E-state index is -4.37. The fourth-order valence-corrected chi connectivity index (χ4v) is 2.85. The van der Waals surface area contributed by atoms with Crippen molar-refractivity contribution in [3.63, 3.8) is 0 Å². The summed E-state index contributed by atoms with van der Waals surface area (Å²) in [6, 6.07) is 4.44. The molecule has 2 atom stereocenters. The summed E-state index contributed by atoms with van der Waals surface area (Å²) < 4.78 is 49.0. The van der Waals surface area contributed by atoms with E-state index in [4.69, 9.17) is 9.47 Å². The maximum Gasteiger partial charge on any atom is 0.416 e. The minimum Gasteiger partial charge on any atom is -0.379 e. The molecule has 7 heteroatoms. The highest BCUT2D eigenvalue weighted by atomic mass is 19.4. The Hall–Kier alpha value is -1.60. The van der Waals surface area contributed by atoms with Gasteiger partial charge in [-0.05, 0) is 42.9 Å². The van der Waals surface area contributed by atoms with Gasteiger partial charge in [0, 0.05) is 13.2 Å². The Kier molecular flexibility index (Phi) is 5.64. The predicted molar refractivity (Wildman–Crippen MR) is 85.0 cm³/mol. The number of alkyl halides is 3. The fourth-order valence-electron chi connectivity index (χ4n) is 2.85. The van der Waals surface area contributed by atoms with E-state index in [2.05, 4.69) is 5.32 Å². The van der Waals surface area contributed by atoms with Gasteiger partial charge in [0.05, 0.1) is 30.7 Å². The van der Waals surface area contributed by atoms with Crippen molar-refractivity contribution in [2.24, 2.45) is 5.92 Å². The number of rotatable bonds is 6. The zero-order valence-corrected chi connectivity index (χ0v) is 13.8. The summed E-state index contributed by atoms with van der Waals surface area (Å²) in [7, 11) is 0. The second-order valence-electron chi connectivity index (χ2n) is 6.72. The number of hydrogen-bond acceptors (Lipinski definition) is 3. The average molecular weight is 357 g/mol. The molecule has 1 saturated heterocycles. The molecule has 1 heterocycles. The predicted octanol–water partition coefficient (Wildman–Crippen LogP) is 2.95. The van der Waals surface area contributed by atoms with E-state index < -0.39 is 11.7 Å². The van der Waals surface area contributed by atoms with Crippen LogP contribution in [0, 0.1) is 5.92 Å². The van der Waals surface area contributed by atoms with Gasteiger partial charge >= 0.3 is 6.18 Å². The van der Waals surface area contributed by atoms with Crippen molar-refractivity contribution >= 4 is 5.91 Å². The van der Waals surface area contributed by atoms with Crippen molar-refractivity contribution in [1.82, 2.24) is 5.32 Å². The third kappa shape index (κ3) is 5.44. The lowest BCUT2D eigenvalue weighted by atomic mass is 10.0. The fraction of sp³-hybridized carbons (Fsp3) is 0.611. The Labute approximate surface area is 144 Å². The van der Waals surface area contributed by atoms with Crippen LogP contribution >= 0.6 is 0 Å². The van der Waals surface area contributed by atoms with E-state index in [-0.39, 0.29) is 24.5 Å². The van der Waals surface area contributed by atoms with Gasteiger partial charge in [0.15, 0.2) is 0 Å². The van der Waals surface area contributed by atoms with Gasteiger partial charge < -0.3 is 14.8 Å². The van der Waals surface area contributed by atoms with E-state index in [1.54, 1.807) is 0 Å². The number of amides is 1. The molecule has 0 radical (unpaired) electrons. The highest BCUT2D eigenvalue weighted by molar-refractivity contribution is 5.79. The maximum atomic E-state index is 12.6. The summed E-state index contributed by atoms with van der Waals surface area (Å²) in [4.78, 5) is 12.2. The topological polar surface area (TPSA) is 47.6 Å². The molecule has 1 aliphatic carbocycles. The normalized spacial score (nSPS) is 24.1. The third-order valence-electron chi connectivity index (χ3n) is 4.53. The van der Waals surface area contributed by atoms with Crippen molar-refractivity contribution in [2.75, 3.05) is 19.8 Å². The van der Waals surface area contributed by atoms with Gasteiger partial charge in [-0.25, -0.2) is 0 Å². The van der Waals surface area contributed by atoms with Crippen LogP contribution in [0.15, 0.2) is 24.3 Å². The standard InChI is InChI=1S/C18H22F3NO3/c19-18(20,21)14-5-3-12(4-6-14)9-17(23)22-15-11-24-8-7-16(15)25-10-13-1-2-13/h3-6,13,15-16H,1-2,7-11H2,(H,22,23)/t15-,16+/m1/s1. The molecule has 0 aromatic heterocycles. The van der Waals surface area contributed by atoms with Crippen LogP contribution in [0.25, 0.3) is 0 Å². The lowest BCUT2D eigenvalue weighted by Gasteiger charge is -2.32. The Balaban J connectivity index is 1.51. The van der Waals surface area contributed by atoms with Crippen molar-refractivity contribution in [3.05, 3.63) is 35.4 Å². The Morgan fingerprint density at radius 1 is 1.20 bits per heavy atom. The van der Waals surface area contributed by atoms with E-state index in [0.29, 0.717) is 24.7 Å². The molecule has 1 amide bonds. The van der Waals surface area contributed by atoms with Gasteiger partial charge in [-0.15, -0.1) is 0 Å². The van der Waals surface area contributed by atoms with Crippen molar-refractivity contribution in [2.45, 2.75) is 44.0 Å². The molecular formula is C18H22F3NO3. The first-order chi connectivity index (χ1) is 11.9.